The van der Waals surface area contributed by atoms with Gasteiger partial charge in [0.2, 0.25) is 0 Å². The first-order valence-electron chi connectivity index (χ1n) is 7.10. The van der Waals surface area contributed by atoms with Crippen molar-refractivity contribution in [3.05, 3.63) is 17.7 Å². The van der Waals surface area contributed by atoms with Crippen LogP contribution < -0.4 is 15.4 Å². The molecule has 0 atom stereocenters. The summed E-state index contributed by atoms with van der Waals surface area (Å²) in [7, 11) is 1.58. The van der Waals surface area contributed by atoms with Crippen LogP contribution >= 0.6 is 0 Å². The number of piperidine rings is 1. The van der Waals surface area contributed by atoms with Gasteiger partial charge in [-0.2, -0.15) is 0 Å². The predicted octanol–water partition coefficient (Wildman–Crippen LogP) is 3.39. The third kappa shape index (κ3) is 2.53. The molecule has 110 valence electrons. The van der Waals surface area contributed by atoms with Crippen molar-refractivity contribution in [1.82, 2.24) is 0 Å². The number of alkyl halides is 2. The highest BCUT2D eigenvalue weighted by Crippen LogP contribution is 2.47. The van der Waals surface area contributed by atoms with Crippen molar-refractivity contribution in [3.8, 4) is 5.75 Å². The first-order valence-corrected chi connectivity index (χ1v) is 7.10. The van der Waals surface area contributed by atoms with Crippen molar-refractivity contribution < 1.29 is 13.5 Å². The van der Waals surface area contributed by atoms with Gasteiger partial charge in [0, 0.05) is 37.7 Å². The van der Waals surface area contributed by atoms with Gasteiger partial charge in [-0.1, -0.05) is 0 Å². The Kier molecular flexibility index (Phi) is 3.22. The zero-order chi connectivity index (χ0) is 14.3. The maximum Gasteiger partial charge on any atom is 0.251 e. The summed E-state index contributed by atoms with van der Waals surface area (Å²) in [6.07, 6.45) is 2.15. The minimum absolute atomic E-state index is 0.0796. The molecule has 1 aromatic carbocycles. The van der Waals surface area contributed by atoms with E-state index in [1.165, 1.54) is 5.56 Å². The van der Waals surface area contributed by atoms with Gasteiger partial charge in [0.15, 0.2) is 0 Å². The van der Waals surface area contributed by atoms with Gasteiger partial charge in [-0.3, -0.25) is 0 Å². The number of nitrogens with two attached hydrogens (primary N) is 1. The molecule has 0 unspecified atom stereocenters. The lowest BCUT2D eigenvalue weighted by Crippen LogP contribution is -2.39. The Morgan fingerprint density at radius 1 is 1.25 bits per heavy atom. The lowest BCUT2D eigenvalue weighted by molar-refractivity contribution is -0.0220. The summed E-state index contributed by atoms with van der Waals surface area (Å²) in [6.45, 7) is 0.777. The highest BCUT2D eigenvalue weighted by Gasteiger charge is 2.36. The number of methoxy groups -OCH3 is 1. The van der Waals surface area contributed by atoms with E-state index in [9.17, 15) is 8.78 Å². The lowest BCUT2D eigenvalue weighted by Gasteiger charge is -2.35. The zero-order valence-electron chi connectivity index (χ0n) is 11.7. The summed E-state index contributed by atoms with van der Waals surface area (Å²) in [6, 6.07) is 3.87. The van der Waals surface area contributed by atoms with Gasteiger partial charge < -0.3 is 15.4 Å². The van der Waals surface area contributed by atoms with Crippen molar-refractivity contribution in [2.75, 3.05) is 30.8 Å². The molecule has 1 heterocycles. The second kappa shape index (κ2) is 4.79. The highest BCUT2D eigenvalue weighted by atomic mass is 19.3. The minimum Gasteiger partial charge on any atom is -0.495 e. The second-order valence-electron chi connectivity index (χ2n) is 5.77. The Morgan fingerprint density at radius 2 is 1.90 bits per heavy atom. The number of halogens is 2. The number of rotatable bonds is 3. The molecule has 0 bridgehead atoms. The van der Waals surface area contributed by atoms with Crippen LogP contribution in [0, 0.1) is 0 Å². The van der Waals surface area contributed by atoms with Crippen LogP contribution in [-0.4, -0.2) is 26.1 Å². The molecule has 1 saturated carbocycles. The Morgan fingerprint density at radius 3 is 2.45 bits per heavy atom. The van der Waals surface area contributed by atoms with Gasteiger partial charge in [-0.25, -0.2) is 8.78 Å². The largest absolute Gasteiger partial charge is 0.495 e. The van der Waals surface area contributed by atoms with Gasteiger partial charge in [0.05, 0.1) is 12.8 Å². The van der Waals surface area contributed by atoms with Crippen molar-refractivity contribution in [1.29, 1.82) is 0 Å². The number of anilines is 2. The molecule has 2 N–H and O–H groups in total. The topological polar surface area (TPSA) is 38.5 Å². The van der Waals surface area contributed by atoms with E-state index >= 15 is 0 Å². The van der Waals surface area contributed by atoms with Crippen molar-refractivity contribution in [2.24, 2.45) is 0 Å². The summed E-state index contributed by atoms with van der Waals surface area (Å²) in [5, 5.41) is 0. The van der Waals surface area contributed by atoms with E-state index in [0.29, 0.717) is 30.4 Å². The van der Waals surface area contributed by atoms with Gasteiger partial charge in [0.25, 0.3) is 5.92 Å². The summed E-state index contributed by atoms with van der Waals surface area (Å²) in [5.74, 6) is -1.36. The highest BCUT2D eigenvalue weighted by molar-refractivity contribution is 5.68. The standard InChI is InChI=1S/C15H20F2N2O/c1-20-14-9-13(11(8-12(14)18)10-2-3-10)19-6-4-15(16,17)5-7-19/h8-10H,2-7,18H2,1H3. The van der Waals surface area contributed by atoms with Crippen LogP contribution in [0.2, 0.25) is 0 Å². The monoisotopic (exact) mass is 282 g/mol. The smallest absolute Gasteiger partial charge is 0.251 e. The molecule has 0 radical (unpaired) electrons. The van der Waals surface area contributed by atoms with Crippen LogP contribution in [0.25, 0.3) is 0 Å². The van der Waals surface area contributed by atoms with Crippen molar-refractivity contribution in [2.45, 2.75) is 37.5 Å². The average Bonchev–Trinajstić information content (AvgIpc) is 3.23. The second-order valence-corrected chi connectivity index (χ2v) is 5.77. The Bertz CT molecular complexity index is 505. The summed E-state index contributed by atoms with van der Waals surface area (Å²) in [4.78, 5) is 2.05. The van der Waals surface area contributed by atoms with Crippen LogP contribution in [0.5, 0.6) is 5.75 Å². The molecular weight excluding hydrogens is 262 g/mol. The van der Waals surface area contributed by atoms with Gasteiger partial charge in [-0.05, 0) is 30.4 Å². The van der Waals surface area contributed by atoms with E-state index in [0.717, 1.165) is 18.5 Å². The molecule has 0 amide bonds. The molecule has 5 heteroatoms. The first-order chi connectivity index (χ1) is 9.50. The van der Waals surface area contributed by atoms with Gasteiger partial charge >= 0.3 is 0 Å². The Balaban J connectivity index is 1.91. The molecule has 1 aliphatic carbocycles. The van der Waals surface area contributed by atoms with Crippen molar-refractivity contribution >= 4 is 11.4 Å². The molecule has 1 aromatic rings. The van der Waals surface area contributed by atoms with E-state index in [4.69, 9.17) is 10.5 Å². The fraction of sp³-hybridized carbons (Fsp3) is 0.600. The minimum atomic E-state index is -2.52. The summed E-state index contributed by atoms with van der Waals surface area (Å²) in [5.41, 5.74) is 8.81. The normalized spacial score (nSPS) is 21.9. The fourth-order valence-corrected chi connectivity index (χ4v) is 2.85. The number of benzene rings is 1. The van der Waals surface area contributed by atoms with E-state index in [1.54, 1.807) is 7.11 Å². The molecule has 2 fully saturated rings. The first kappa shape index (κ1) is 13.5. The Hall–Kier alpha value is -1.52. The number of ether oxygens (including phenoxy) is 1. The molecule has 1 aliphatic heterocycles. The zero-order valence-corrected chi connectivity index (χ0v) is 11.7. The van der Waals surface area contributed by atoms with Crippen LogP contribution in [0.3, 0.4) is 0 Å². The molecule has 3 rings (SSSR count). The van der Waals surface area contributed by atoms with E-state index in [-0.39, 0.29) is 12.8 Å². The van der Waals surface area contributed by atoms with Crippen molar-refractivity contribution in [3.63, 3.8) is 0 Å². The third-order valence-electron chi connectivity index (χ3n) is 4.23. The molecule has 2 aliphatic rings. The molecule has 20 heavy (non-hydrogen) atoms. The number of hydrogen-bond donors (Lipinski definition) is 1. The van der Waals surface area contributed by atoms with E-state index in [2.05, 4.69) is 0 Å². The molecule has 3 nitrogen and oxygen atoms in total. The molecule has 0 aromatic heterocycles. The molecule has 0 spiro atoms. The Labute approximate surface area is 117 Å². The SMILES string of the molecule is COc1cc(N2CCC(F)(F)CC2)c(C2CC2)cc1N. The summed E-state index contributed by atoms with van der Waals surface area (Å²) >= 11 is 0. The number of nitrogen functional groups attached to an aromatic ring is 1. The summed E-state index contributed by atoms with van der Waals surface area (Å²) < 4.78 is 31.9. The average molecular weight is 282 g/mol. The van der Waals surface area contributed by atoms with Gasteiger partial charge in [0.1, 0.15) is 5.75 Å². The molecular formula is C15H20F2N2O. The third-order valence-corrected chi connectivity index (χ3v) is 4.23. The number of hydrogen-bond acceptors (Lipinski definition) is 3. The maximum absolute atomic E-state index is 13.3. The lowest BCUT2D eigenvalue weighted by atomic mass is 10.0. The quantitative estimate of drug-likeness (QED) is 0.864. The predicted molar refractivity (Wildman–Crippen MR) is 75.8 cm³/mol. The van der Waals surface area contributed by atoms with Gasteiger partial charge in [-0.15, -0.1) is 0 Å². The van der Waals surface area contributed by atoms with E-state index < -0.39 is 5.92 Å². The van der Waals surface area contributed by atoms with Crippen LogP contribution in [0.4, 0.5) is 20.2 Å². The number of nitrogens with zero attached hydrogens (tertiary/aromatic N) is 1. The maximum atomic E-state index is 13.3. The van der Waals surface area contributed by atoms with E-state index in [1.807, 2.05) is 17.0 Å². The van der Waals surface area contributed by atoms with Crippen LogP contribution in [0.15, 0.2) is 12.1 Å². The molecule has 1 saturated heterocycles. The van der Waals surface area contributed by atoms with Crippen LogP contribution in [-0.2, 0) is 0 Å². The van der Waals surface area contributed by atoms with Crippen LogP contribution in [0.1, 0.15) is 37.2 Å². The fourth-order valence-electron chi connectivity index (χ4n) is 2.85.